The van der Waals surface area contributed by atoms with Crippen LogP contribution in [0, 0.1) is 0 Å². The van der Waals surface area contributed by atoms with Gasteiger partial charge in [-0.3, -0.25) is 9.52 Å². The van der Waals surface area contributed by atoms with Crippen molar-refractivity contribution >= 4 is 60.7 Å². The number of rotatable bonds is 6. The van der Waals surface area contributed by atoms with Crippen LogP contribution in [0.2, 0.25) is 10.2 Å². The van der Waals surface area contributed by atoms with Crippen LogP contribution in [0.5, 0.6) is 0 Å². The van der Waals surface area contributed by atoms with Gasteiger partial charge in [-0.15, -0.1) is 0 Å². The number of halogens is 3. The number of amides is 1. The van der Waals surface area contributed by atoms with E-state index >= 15 is 0 Å². The van der Waals surface area contributed by atoms with Crippen molar-refractivity contribution in [3.63, 3.8) is 0 Å². The fourth-order valence-electron chi connectivity index (χ4n) is 2.65. The van der Waals surface area contributed by atoms with Gasteiger partial charge in [0.2, 0.25) is 0 Å². The third kappa shape index (κ3) is 5.31. The van der Waals surface area contributed by atoms with Crippen molar-refractivity contribution < 1.29 is 13.2 Å². The van der Waals surface area contributed by atoms with Gasteiger partial charge < -0.3 is 5.32 Å². The molecule has 0 bridgehead atoms. The predicted octanol–water partition coefficient (Wildman–Crippen LogP) is 5.44. The van der Waals surface area contributed by atoms with Gasteiger partial charge >= 0.3 is 0 Å². The van der Waals surface area contributed by atoms with Gasteiger partial charge in [-0.25, -0.2) is 13.4 Å². The number of hydrogen-bond donors (Lipinski definition) is 2. The lowest BCUT2D eigenvalue weighted by molar-refractivity contribution is 0.0941. The van der Waals surface area contributed by atoms with Crippen LogP contribution in [0.4, 0.5) is 5.69 Å². The molecule has 156 valence electrons. The molecule has 2 aromatic carbocycles. The van der Waals surface area contributed by atoms with E-state index in [1.165, 1.54) is 24.3 Å². The smallest absolute Gasteiger partial charge is 0.263 e. The highest BCUT2D eigenvalue weighted by Gasteiger charge is 2.21. The van der Waals surface area contributed by atoms with Crippen LogP contribution in [0.15, 0.2) is 70.2 Å². The molecule has 0 radical (unpaired) electrons. The molecule has 0 aliphatic carbocycles. The first-order valence-electron chi connectivity index (χ1n) is 8.66. The second kappa shape index (κ2) is 9.34. The van der Waals surface area contributed by atoms with Crippen molar-refractivity contribution in [2.75, 3.05) is 4.72 Å². The van der Waals surface area contributed by atoms with Crippen LogP contribution in [0.25, 0.3) is 0 Å². The van der Waals surface area contributed by atoms with Gasteiger partial charge in [0, 0.05) is 11.2 Å². The number of benzene rings is 2. The maximum Gasteiger partial charge on any atom is 0.263 e. The molecular weight excluding hydrogens is 513 g/mol. The van der Waals surface area contributed by atoms with E-state index in [4.69, 9.17) is 23.2 Å². The van der Waals surface area contributed by atoms with Crippen molar-refractivity contribution in [2.24, 2.45) is 0 Å². The van der Waals surface area contributed by atoms with Gasteiger partial charge in [0.1, 0.15) is 10.0 Å². The van der Waals surface area contributed by atoms with Crippen molar-refractivity contribution in [3.05, 3.63) is 86.6 Å². The van der Waals surface area contributed by atoms with Crippen LogP contribution in [0.1, 0.15) is 28.9 Å². The van der Waals surface area contributed by atoms with Gasteiger partial charge in [0.05, 0.1) is 21.8 Å². The Bertz CT molecular complexity index is 1190. The molecule has 30 heavy (non-hydrogen) atoms. The minimum atomic E-state index is -4.03. The standard InChI is InChI=1S/C20H16BrCl2N3O3S/c1-12(13-5-3-2-4-6-13)25-20(27)16-9-14(22)7-8-18(16)26-30(28,29)15-10-17(21)19(23)24-11-15/h2-12,26H,1H3,(H,25,27). The van der Waals surface area contributed by atoms with Gasteiger partial charge in [-0.1, -0.05) is 53.5 Å². The highest BCUT2D eigenvalue weighted by Crippen LogP contribution is 2.27. The Morgan fingerprint density at radius 1 is 1.10 bits per heavy atom. The first kappa shape index (κ1) is 22.6. The lowest BCUT2D eigenvalue weighted by Gasteiger charge is -2.17. The minimum Gasteiger partial charge on any atom is -0.345 e. The van der Waals surface area contributed by atoms with Crippen molar-refractivity contribution in [1.29, 1.82) is 0 Å². The fraction of sp³-hybridized carbons (Fsp3) is 0.100. The van der Waals surface area contributed by atoms with Crippen LogP contribution < -0.4 is 10.0 Å². The number of nitrogens with one attached hydrogen (secondary N) is 2. The molecule has 0 spiro atoms. The Hall–Kier alpha value is -2.13. The predicted molar refractivity (Wildman–Crippen MR) is 122 cm³/mol. The number of carbonyl (C=O) groups excluding carboxylic acids is 1. The number of pyridine rings is 1. The van der Waals surface area contributed by atoms with E-state index in [0.29, 0.717) is 9.50 Å². The summed E-state index contributed by atoms with van der Waals surface area (Å²) in [5.41, 5.74) is 1.09. The second-order valence-electron chi connectivity index (χ2n) is 6.34. The topological polar surface area (TPSA) is 88.2 Å². The number of sulfonamides is 1. The zero-order chi connectivity index (χ0) is 21.9. The molecule has 3 aromatic rings. The molecule has 1 heterocycles. The van der Waals surface area contributed by atoms with E-state index in [2.05, 4.69) is 31.0 Å². The van der Waals surface area contributed by atoms with Gasteiger partial charge in [-0.2, -0.15) is 0 Å². The number of carbonyl (C=O) groups is 1. The second-order valence-corrected chi connectivity index (χ2v) is 9.68. The number of anilines is 1. The third-order valence-electron chi connectivity index (χ3n) is 4.20. The molecule has 1 aromatic heterocycles. The Balaban J connectivity index is 1.89. The maximum atomic E-state index is 12.9. The van der Waals surface area contributed by atoms with Gasteiger partial charge in [0.25, 0.3) is 15.9 Å². The zero-order valence-corrected chi connectivity index (χ0v) is 19.5. The lowest BCUT2D eigenvalue weighted by Crippen LogP contribution is -2.28. The van der Waals surface area contributed by atoms with E-state index in [0.717, 1.165) is 11.8 Å². The van der Waals surface area contributed by atoms with Crippen LogP contribution in [-0.2, 0) is 10.0 Å². The van der Waals surface area contributed by atoms with Crippen molar-refractivity contribution in [3.8, 4) is 0 Å². The number of aromatic nitrogens is 1. The Morgan fingerprint density at radius 3 is 2.47 bits per heavy atom. The summed E-state index contributed by atoms with van der Waals surface area (Å²) in [4.78, 5) is 16.6. The summed E-state index contributed by atoms with van der Waals surface area (Å²) >= 11 is 15.0. The molecule has 0 saturated heterocycles. The molecular formula is C20H16BrCl2N3O3S. The first-order valence-corrected chi connectivity index (χ1v) is 11.7. The zero-order valence-electron chi connectivity index (χ0n) is 15.6. The molecule has 0 aliphatic rings. The maximum absolute atomic E-state index is 12.9. The molecule has 6 nitrogen and oxygen atoms in total. The van der Waals surface area contributed by atoms with E-state index < -0.39 is 15.9 Å². The van der Waals surface area contributed by atoms with Gasteiger partial charge in [0.15, 0.2) is 0 Å². The van der Waals surface area contributed by atoms with Crippen LogP contribution in [0.3, 0.4) is 0 Å². The average molecular weight is 529 g/mol. The molecule has 0 fully saturated rings. The number of nitrogens with zero attached hydrogens (tertiary/aromatic N) is 1. The fourth-order valence-corrected chi connectivity index (χ4v) is 4.47. The highest BCUT2D eigenvalue weighted by molar-refractivity contribution is 9.10. The Labute approximate surface area is 192 Å². The summed E-state index contributed by atoms with van der Waals surface area (Å²) in [5.74, 6) is -0.470. The number of hydrogen-bond acceptors (Lipinski definition) is 4. The highest BCUT2D eigenvalue weighted by atomic mass is 79.9. The quantitative estimate of drug-likeness (QED) is 0.417. The summed E-state index contributed by atoms with van der Waals surface area (Å²) in [6.07, 6.45) is 1.13. The van der Waals surface area contributed by atoms with E-state index in [1.54, 1.807) is 0 Å². The third-order valence-corrected chi connectivity index (χ3v) is 6.90. The normalized spacial score (nSPS) is 12.3. The van der Waals surface area contributed by atoms with E-state index in [9.17, 15) is 13.2 Å². The lowest BCUT2D eigenvalue weighted by atomic mass is 10.1. The van der Waals surface area contributed by atoms with Crippen molar-refractivity contribution in [1.82, 2.24) is 10.3 Å². The largest absolute Gasteiger partial charge is 0.345 e. The van der Waals surface area contributed by atoms with Gasteiger partial charge in [-0.05, 0) is 52.7 Å². The molecule has 0 aliphatic heterocycles. The molecule has 2 N–H and O–H groups in total. The molecule has 0 saturated carbocycles. The monoisotopic (exact) mass is 527 g/mol. The summed E-state index contributed by atoms with van der Waals surface area (Å²) in [7, 11) is -4.03. The summed E-state index contributed by atoms with van der Waals surface area (Å²) in [6, 6.07) is 14.8. The minimum absolute atomic E-state index is 0.0863. The molecule has 10 heteroatoms. The Kier molecular flexibility index (Phi) is 7.02. The Morgan fingerprint density at radius 2 is 1.80 bits per heavy atom. The van der Waals surface area contributed by atoms with Crippen molar-refractivity contribution in [2.45, 2.75) is 17.9 Å². The van der Waals surface area contributed by atoms with E-state index in [-0.39, 0.29) is 27.3 Å². The summed E-state index contributed by atoms with van der Waals surface area (Å²) in [5, 5.41) is 3.28. The molecule has 1 amide bonds. The van der Waals surface area contributed by atoms with Crippen LogP contribution in [-0.4, -0.2) is 19.3 Å². The van der Waals surface area contributed by atoms with E-state index in [1.807, 2.05) is 37.3 Å². The molecule has 1 atom stereocenters. The SMILES string of the molecule is CC(NC(=O)c1cc(Cl)ccc1NS(=O)(=O)c1cnc(Cl)c(Br)c1)c1ccccc1. The first-order chi connectivity index (χ1) is 14.2. The summed E-state index contributed by atoms with van der Waals surface area (Å²) < 4.78 is 28.3. The molecule has 1 unspecified atom stereocenters. The van der Waals surface area contributed by atoms with Crippen LogP contribution >= 0.6 is 39.1 Å². The average Bonchev–Trinajstić information content (AvgIpc) is 2.71. The summed E-state index contributed by atoms with van der Waals surface area (Å²) in [6.45, 7) is 1.83. The molecule has 3 rings (SSSR count).